The molecule has 0 spiro atoms. The number of amides is 2. The summed E-state index contributed by atoms with van der Waals surface area (Å²) >= 11 is 0. The van der Waals surface area contributed by atoms with Gasteiger partial charge < -0.3 is 10.2 Å². The van der Waals surface area contributed by atoms with Crippen LogP contribution in [0.3, 0.4) is 0 Å². The number of para-hydroxylation sites is 2. The number of carbonyl (C=O) groups excluding carboxylic acids is 2. The minimum atomic E-state index is -0.403. The smallest absolute Gasteiger partial charge is 0.241 e. The minimum Gasteiger partial charge on any atom is -0.325 e. The molecule has 2 rings (SSSR count). The van der Waals surface area contributed by atoms with E-state index in [1.54, 1.807) is 4.90 Å². The van der Waals surface area contributed by atoms with Crippen LogP contribution >= 0.6 is 0 Å². The van der Waals surface area contributed by atoms with E-state index in [9.17, 15) is 9.59 Å². The van der Waals surface area contributed by atoms with Gasteiger partial charge in [-0.3, -0.25) is 14.5 Å². The van der Waals surface area contributed by atoms with Crippen LogP contribution < -0.4 is 10.2 Å². The molecule has 1 N–H and O–H groups in total. The predicted molar refractivity (Wildman–Crippen MR) is 116 cm³/mol. The van der Waals surface area contributed by atoms with Crippen molar-refractivity contribution in [1.29, 1.82) is 0 Å². The largest absolute Gasteiger partial charge is 0.325 e. The van der Waals surface area contributed by atoms with E-state index < -0.39 is 6.04 Å². The van der Waals surface area contributed by atoms with Crippen molar-refractivity contribution in [2.75, 3.05) is 29.9 Å². The molecule has 0 aliphatic rings. The topological polar surface area (TPSA) is 52.7 Å². The molecule has 0 heterocycles. The van der Waals surface area contributed by atoms with E-state index in [1.807, 2.05) is 80.3 Å². The molecule has 2 aromatic rings. The molecule has 2 aromatic carbocycles. The highest BCUT2D eigenvalue weighted by Gasteiger charge is 2.25. The quantitative estimate of drug-likeness (QED) is 0.712. The fraction of sp³-hybridized carbons (Fsp3) is 0.391. The second-order valence-electron chi connectivity index (χ2n) is 6.93. The molecule has 1 atom stereocenters. The standard InChI is InChI=1S/C23H31N3O2/c1-5-16-25(19(4)23(28)24-20-13-8-7-9-14-20)17-22(27)26(6-2)21-15-11-10-12-18(21)3/h7-15,19H,5-6,16-17H2,1-4H3,(H,24,28). The normalized spacial score (nSPS) is 11.9. The Hall–Kier alpha value is -2.66. The van der Waals surface area contributed by atoms with Gasteiger partial charge in [-0.05, 0) is 57.5 Å². The SMILES string of the molecule is CCCN(CC(=O)N(CC)c1ccccc1C)C(C)C(=O)Nc1ccccc1. The maximum atomic E-state index is 13.1. The number of aryl methyl sites for hydroxylation is 1. The number of likely N-dealkylation sites (N-methyl/N-ethyl adjacent to an activating group) is 1. The van der Waals surface area contributed by atoms with Gasteiger partial charge in [-0.2, -0.15) is 0 Å². The molecule has 0 fully saturated rings. The third-order valence-electron chi connectivity index (χ3n) is 4.84. The van der Waals surface area contributed by atoms with Crippen LogP contribution in [0.5, 0.6) is 0 Å². The Kier molecular flexibility index (Phi) is 8.20. The van der Waals surface area contributed by atoms with Gasteiger partial charge in [0.25, 0.3) is 0 Å². The first kappa shape index (κ1) is 21.6. The van der Waals surface area contributed by atoms with Crippen LogP contribution in [0.25, 0.3) is 0 Å². The van der Waals surface area contributed by atoms with Crippen LogP contribution in [0.2, 0.25) is 0 Å². The van der Waals surface area contributed by atoms with Crippen molar-refractivity contribution < 1.29 is 9.59 Å². The molecule has 0 aliphatic carbocycles. The average molecular weight is 382 g/mol. The van der Waals surface area contributed by atoms with Crippen molar-refractivity contribution in [3.63, 3.8) is 0 Å². The van der Waals surface area contributed by atoms with Crippen molar-refractivity contribution >= 4 is 23.2 Å². The van der Waals surface area contributed by atoms with Gasteiger partial charge >= 0.3 is 0 Å². The Morgan fingerprint density at radius 1 is 1.00 bits per heavy atom. The minimum absolute atomic E-state index is 0.00427. The van der Waals surface area contributed by atoms with Gasteiger partial charge in [-0.25, -0.2) is 0 Å². The highest BCUT2D eigenvalue weighted by atomic mass is 16.2. The molecule has 1 unspecified atom stereocenters. The molecule has 0 saturated heterocycles. The van der Waals surface area contributed by atoms with Gasteiger partial charge in [0, 0.05) is 17.9 Å². The van der Waals surface area contributed by atoms with E-state index in [1.165, 1.54) is 0 Å². The second kappa shape index (κ2) is 10.6. The van der Waals surface area contributed by atoms with Crippen molar-refractivity contribution in [1.82, 2.24) is 4.90 Å². The van der Waals surface area contributed by atoms with Crippen LogP contribution in [0.15, 0.2) is 54.6 Å². The van der Waals surface area contributed by atoms with E-state index in [2.05, 4.69) is 12.2 Å². The third-order valence-corrected chi connectivity index (χ3v) is 4.84. The van der Waals surface area contributed by atoms with E-state index in [4.69, 9.17) is 0 Å². The first-order valence-corrected chi connectivity index (χ1v) is 9.93. The first-order valence-electron chi connectivity index (χ1n) is 9.93. The number of benzene rings is 2. The monoisotopic (exact) mass is 381 g/mol. The number of nitrogens with zero attached hydrogens (tertiary/aromatic N) is 2. The maximum Gasteiger partial charge on any atom is 0.241 e. The van der Waals surface area contributed by atoms with Gasteiger partial charge in [0.05, 0.1) is 12.6 Å². The molecular formula is C23H31N3O2. The first-order chi connectivity index (χ1) is 13.5. The summed E-state index contributed by atoms with van der Waals surface area (Å²) in [6.45, 7) is 9.36. The Bertz CT molecular complexity index is 776. The summed E-state index contributed by atoms with van der Waals surface area (Å²) < 4.78 is 0. The van der Waals surface area contributed by atoms with Crippen molar-refractivity contribution in [3.8, 4) is 0 Å². The fourth-order valence-electron chi connectivity index (χ4n) is 3.24. The Balaban J connectivity index is 2.10. The second-order valence-corrected chi connectivity index (χ2v) is 6.93. The summed E-state index contributed by atoms with van der Waals surface area (Å²) in [6.07, 6.45) is 0.868. The summed E-state index contributed by atoms with van der Waals surface area (Å²) in [7, 11) is 0. The Labute approximate surface area is 168 Å². The summed E-state index contributed by atoms with van der Waals surface area (Å²) in [6, 6.07) is 16.9. The third kappa shape index (κ3) is 5.67. The van der Waals surface area contributed by atoms with Crippen LogP contribution in [0, 0.1) is 6.92 Å². The summed E-state index contributed by atoms with van der Waals surface area (Å²) in [5, 5.41) is 2.93. The fourth-order valence-corrected chi connectivity index (χ4v) is 3.24. The zero-order valence-electron chi connectivity index (χ0n) is 17.3. The van der Waals surface area contributed by atoms with Crippen molar-refractivity contribution in [2.24, 2.45) is 0 Å². The molecule has 150 valence electrons. The van der Waals surface area contributed by atoms with Crippen LogP contribution in [-0.4, -0.2) is 42.4 Å². The van der Waals surface area contributed by atoms with Crippen LogP contribution in [0.1, 0.15) is 32.8 Å². The van der Waals surface area contributed by atoms with E-state index in [0.717, 1.165) is 23.4 Å². The lowest BCUT2D eigenvalue weighted by atomic mass is 10.1. The maximum absolute atomic E-state index is 13.1. The summed E-state index contributed by atoms with van der Waals surface area (Å²) in [5.74, 6) is -0.101. The molecule has 0 bridgehead atoms. The summed E-state index contributed by atoms with van der Waals surface area (Å²) in [5.41, 5.74) is 2.75. The van der Waals surface area contributed by atoms with E-state index in [0.29, 0.717) is 13.1 Å². The average Bonchev–Trinajstić information content (AvgIpc) is 2.70. The van der Waals surface area contributed by atoms with Gasteiger partial charge in [0.2, 0.25) is 11.8 Å². The number of hydrogen-bond donors (Lipinski definition) is 1. The van der Waals surface area contributed by atoms with Gasteiger partial charge in [-0.1, -0.05) is 43.3 Å². The lowest BCUT2D eigenvalue weighted by Crippen LogP contribution is -2.48. The number of nitrogens with one attached hydrogen (secondary N) is 1. The molecule has 0 saturated carbocycles. The molecule has 0 aromatic heterocycles. The molecule has 2 amide bonds. The van der Waals surface area contributed by atoms with Crippen LogP contribution in [-0.2, 0) is 9.59 Å². The molecule has 5 nitrogen and oxygen atoms in total. The number of hydrogen-bond acceptors (Lipinski definition) is 3. The van der Waals surface area contributed by atoms with E-state index >= 15 is 0 Å². The van der Waals surface area contributed by atoms with Crippen molar-refractivity contribution in [2.45, 2.75) is 40.2 Å². The van der Waals surface area contributed by atoms with Gasteiger partial charge in [0.15, 0.2) is 0 Å². The lowest BCUT2D eigenvalue weighted by molar-refractivity contribution is -0.124. The molecule has 0 radical (unpaired) electrons. The predicted octanol–water partition coefficient (Wildman–Crippen LogP) is 4.09. The molecule has 5 heteroatoms. The zero-order valence-corrected chi connectivity index (χ0v) is 17.3. The zero-order chi connectivity index (χ0) is 20.5. The number of carbonyl (C=O) groups is 2. The van der Waals surface area contributed by atoms with Gasteiger partial charge in [-0.15, -0.1) is 0 Å². The van der Waals surface area contributed by atoms with Crippen LogP contribution in [0.4, 0.5) is 11.4 Å². The number of rotatable bonds is 9. The van der Waals surface area contributed by atoms with Crippen molar-refractivity contribution in [3.05, 3.63) is 60.2 Å². The van der Waals surface area contributed by atoms with Gasteiger partial charge in [0.1, 0.15) is 0 Å². The molecular weight excluding hydrogens is 350 g/mol. The number of anilines is 2. The molecule has 28 heavy (non-hydrogen) atoms. The van der Waals surface area contributed by atoms with E-state index in [-0.39, 0.29) is 18.4 Å². The highest BCUT2D eigenvalue weighted by Crippen LogP contribution is 2.20. The summed E-state index contributed by atoms with van der Waals surface area (Å²) in [4.78, 5) is 29.5. The highest BCUT2D eigenvalue weighted by molar-refractivity contribution is 5.97. The molecule has 0 aliphatic heterocycles. The Morgan fingerprint density at radius 2 is 1.64 bits per heavy atom. The Morgan fingerprint density at radius 3 is 2.25 bits per heavy atom. The lowest BCUT2D eigenvalue weighted by Gasteiger charge is -2.30.